The molecule has 9 heteroatoms. The Morgan fingerprint density at radius 2 is 1.88 bits per heavy atom. The topological polar surface area (TPSA) is 77.3 Å². The van der Waals surface area contributed by atoms with Crippen molar-refractivity contribution in [1.29, 1.82) is 5.26 Å². The average molecular weight is 442 g/mol. The van der Waals surface area contributed by atoms with Crippen LogP contribution in [0.25, 0.3) is 0 Å². The number of aromatic nitrogens is 1. The van der Waals surface area contributed by atoms with Gasteiger partial charge in [0.25, 0.3) is 0 Å². The van der Waals surface area contributed by atoms with Crippen LogP contribution < -0.4 is 4.90 Å². The SMILES string of the molecule is N#Cc1ccccc1N1CCN(S(=O)(=O)c2cnc(Cl)c(Br)c2)CC1. The first-order chi connectivity index (χ1) is 11.9. The summed E-state index contributed by atoms with van der Waals surface area (Å²) in [6.45, 7) is 1.70. The van der Waals surface area contributed by atoms with Gasteiger partial charge >= 0.3 is 0 Å². The van der Waals surface area contributed by atoms with Gasteiger partial charge in [0.15, 0.2) is 0 Å². The van der Waals surface area contributed by atoms with E-state index in [0.717, 1.165) is 5.69 Å². The molecule has 0 N–H and O–H groups in total. The Kier molecular flexibility index (Phi) is 5.29. The lowest BCUT2D eigenvalue weighted by atomic mass is 10.1. The largest absolute Gasteiger partial charge is 0.368 e. The number of piperazine rings is 1. The van der Waals surface area contributed by atoms with Gasteiger partial charge in [-0.2, -0.15) is 9.57 Å². The van der Waals surface area contributed by atoms with Crippen LogP contribution in [-0.2, 0) is 10.0 Å². The van der Waals surface area contributed by atoms with Crippen LogP contribution in [-0.4, -0.2) is 43.9 Å². The van der Waals surface area contributed by atoms with E-state index in [9.17, 15) is 13.7 Å². The van der Waals surface area contributed by atoms with Crippen LogP contribution in [0.4, 0.5) is 5.69 Å². The Morgan fingerprint density at radius 1 is 1.20 bits per heavy atom. The number of anilines is 1. The summed E-state index contributed by atoms with van der Waals surface area (Å²) in [6.07, 6.45) is 1.26. The number of sulfonamides is 1. The van der Waals surface area contributed by atoms with E-state index in [-0.39, 0.29) is 10.0 Å². The number of halogens is 2. The number of hydrogen-bond donors (Lipinski definition) is 0. The van der Waals surface area contributed by atoms with Crippen molar-refractivity contribution < 1.29 is 8.42 Å². The van der Waals surface area contributed by atoms with Crippen molar-refractivity contribution in [3.63, 3.8) is 0 Å². The molecule has 0 spiro atoms. The third-order valence-electron chi connectivity index (χ3n) is 4.01. The van der Waals surface area contributed by atoms with E-state index in [2.05, 4.69) is 27.0 Å². The highest BCUT2D eigenvalue weighted by Crippen LogP contribution is 2.26. The standard InChI is InChI=1S/C16H14BrClN4O2S/c17-14-9-13(11-20-16(14)18)25(23,24)22-7-5-21(6-8-22)15-4-2-1-3-12(15)10-19/h1-4,9,11H,5-8H2. The van der Waals surface area contributed by atoms with Crippen molar-refractivity contribution in [2.75, 3.05) is 31.1 Å². The summed E-state index contributed by atoms with van der Waals surface area (Å²) in [5.74, 6) is 0. The Labute approximate surface area is 159 Å². The minimum absolute atomic E-state index is 0.106. The predicted octanol–water partition coefficient (Wildman–Crippen LogP) is 2.88. The molecule has 130 valence electrons. The first-order valence-electron chi connectivity index (χ1n) is 7.49. The maximum Gasteiger partial charge on any atom is 0.244 e. The van der Waals surface area contributed by atoms with Crippen molar-refractivity contribution in [3.05, 3.63) is 51.7 Å². The zero-order valence-corrected chi connectivity index (χ0v) is 16.2. The lowest BCUT2D eigenvalue weighted by molar-refractivity contribution is 0.384. The van der Waals surface area contributed by atoms with Gasteiger partial charge in [-0.1, -0.05) is 23.7 Å². The third-order valence-corrected chi connectivity index (χ3v) is 7.01. The first-order valence-corrected chi connectivity index (χ1v) is 10.1. The fourth-order valence-electron chi connectivity index (χ4n) is 2.71. The molecule has 0 bridgehead atoms. The van der Waals surface area contributed by atoms with Gasteiger partial charge < -0.3 is 4.90 Å². The van der Waals surface area contributed by atoms with Gasteiger partial charge in [0.2, 0.25) is 10.0 Å². The Balaban J connectivity index is 1.77. The van der Waals surface area contributed by atoms with Gasteiger partial charge in [-0.25, -0.2) is 13.4 Å². The molecule has 1 aliphatic rings. The molecule has 1 saturated heterocycles. The lowest BCUT2D eigenvalue weighted by Gasteiger charge is -2.35. The van der Waals surface area contributed by atoms with E-state index in [0.29, 0.717) is 36.2 Å². The number of pyridine rings is 1. The zero-order valence-electron chi connectivity index (χ0n) is 13.1. The molecule has 2 heterocycles. The van der Waals surface area contributed by atoms with Crippen LogP contribution in [0.1, 0.15) is 5.56 Å². The summed E-state index contributed by atoms with van der Waals surface area (Å²) in [5, 5.41) is 9.44. The molecule has 0 amide bonds. The van der Waals surface area contributed by atoms with Crippen LogP contribution in [0.3, 0.4) is 0 Å². The van der Waals surface area contributed by atoms with Gasteiger partial charge in [-0.3, -0.25) is 0 Å². The van der Waals surface area contributed by atoms with Crippen molar-refractivity contribution in [1.82, 2.24) is 9.29 Å². The van der Waals surface area contributed by atoms with Gasteiger partial charge in [0.1, 0.15) is 16.1 Å². The second-order valence-corrected chi connectivity index (χ2v) is 8.61. The predicted molar refractivity (Wildman–Crippen MR) is 99.1 cm³/mol. The molecule has 25 heavy (non-hydrogen) atoms. The van der Waals surface area contributed by atoms with E-state index in [1.807, 2.05) is 23.1 Å². The quantitative estimate of drug-likeness (QED) is 0.685. The molecule has 0 unspecified atom stereocenters. The van der Waals surface area contributed by atoms with E-state index in [4.69, 9.17) is 11.6 Å². The smallest absolute Gasteiger partial charge is 0.244 e. The maximum absolute atomic E-state index is 12.8. The van der Waals surface area contributed by atoms with Crippen LogP contribution in [0, 0.1) is 11.3 Å². The van der Waals surface area contributed by atoms with E-state index in [1.54, 1.807) is 6.07 Å². The number of hydrogen-bond acceptors (Lipinski definition) is 5. The molecule has 1 aliphatic heterocycles. The lowest BCUT2D eigenvalue weighted by Crippen LogP contribution is -2.48. The highest BCUT2D eigenvalue weighted by molar-refractivity contribution is 9.10. The summed E-state index contributed by atoms with van der Waals surface area (Å²) in [6, 6.07) is 11.0. The van der Waals surface area contributed by atoms with Crippen molar-refractivity contribution >= 4 is 43.2 Å². The molecule has 1 fully saturated rings. The summed E-state index contributed by atoms with van der Waals surface area (Å²) >= 11 is 9.03. The van der Waals surface area contributed by atoms with E-state index < -0.39 is 10.0 Å². The van der Waals surface area contributed by atoms with Gasteiger partial charge in [0.05, 0.1) is 15.7 Å². The number of nitriles is 1. The van der Waals surface area contributed by atoms with Gasteiger partial charge in [-0.15, -0.1) is 0 Å². The van der Waals surface area contributed by atoms with Gasteiger partial charge in [0, 0.05) is 32.4 Å². The monoisotopic (exact) mass is 440 g/mol. The minimum Gasteiger partial charge on any atom is -0.368 e. The highest BCUT2D eigenvalue weighted by atomic mass is 79.9. The van der Waals surface area contributed by atoms with Crippen LogP contribution >= 0.6 is 27.5 Å². The molecule has 1 aromatic carbocycles. The molecular weight excluding hydrogens is 428 g/mol. The molecular formula is C16H14BrClN4O2S. The van der Waals surface area contributed by atoms with Crippen LogP contribution in [0.15, 0.2) is 45.9 Å². The molecule has 6 nitrogen and oxygen atoms in total. The Morgan fingerprint density at radius 3 is 2.52 bits per heavy atom. The summed E-state index contributed by atoms with van der Waals surface area (Å²) in [5.41, 5.74) is 1.42. The summed E-state index contributed by atoms with van der Waals surface area (Å²) in [4.78, 5) is 6.03. The normalized spacial score (nSPS) is 15.8. The molecule has 3 rings (SSSR count). The van der Waals surface area contributed by atoms with Crippen LogP contribution in [0.5, 0.6) is 0 Å². The molecule has 0 atom stereocenters. The second-order valence-electron chi connectivity index (χ2n) is 5.46. The minimum atomic E-state index is -3.63. The number of rotatable bonds is 3. The first kappa shape index (κ1) is 18.1. The highest BCUT2D eigenvalue weighted by Gasteiger charge is 2.29. The van der Waals surface area contributed by atoms with Gasteiger partial charge in [-0.05, 0) is 34.1 Å². The maximum atomic E-state index is 12.8. The fraction of sp³-hybridized carbons (Fsp3) is 0.250. The molecule has 0 saturated carbocycles. The Hall–Kier alpha value is -1.66. The number of nitrogens with zero attached hydrogens (tertiary/aromatic N) is 4. The van der Waals surface area contributed by atoms with Crippen LogP contribution in [0.2, 0.25) is 5.15 Å². The molecule has 1 aromatic heterocycles. The molecule has 0 aliphatic carbocycles. The van der Waals surface area contributed by atoms with Crippen molar-refractivity contribution in [2.45, 2.75) is 4.90 Å². The van der Waals surface area contributed by atoms with E-state index >= 15 is 0 Å². The van der Waals surface area contributed by atoms with Crippen molar-refractivity contribution in [3.8, 4) is 6.07 Å². The third kappa shape index (κ3) is 3.65. The summed E-state index contributed by atoms with van der Waals surface area (Å²) in [7, 11) is -3.63. The number of benzene rings is 1. The molecule has 2 aromatic rings. The molecule has 0 radical (unpaired) electrons. The summed E-state index contributed by atoms with van der Waals surface area (Å²) < 4.78 is 27.4. The second kappa shape index (κ2) is 7.30. The average Bonchev–Trinajstić information content (AvgIpc) is 2.64. The number of para-hydroxylation sites is 1. The van der Waals surface area contributed by atoms with E-state index in [1.165, 1.54) is 16.6 Å². The Bertz CT molecular complexity index is 937. The fourth-order valence-corrected chi connectivity index (χ4v) is 4.71. The zero-order chi connectivity index (χ0) is 18.0. The van der Waals surface area contributed by atoms with Crippen molar-refractivity contribution in [2.24, 2.45) is 0 Å².